The predicted octanol–water partition coefficient (Wildman–Crippen LogP) is 7.67. The van der Waals surface area contributed by atoms with Crippen molar-refractivity contribution >= 4 is 23.2 Å². The van der Waals surface area contributed by atoms with Crippen molar-refractivity contribution in [3.63, 3.8) is 0 Å². The van der Waals surface area contributed by atoms with Crippen LogP contribution in [-0.4, -0.2) is 59.0 Å². The Kier molecular flexibility index (Phi) is 12.6. The van der Waals surface area contributed by atoms with Gasteiger partial charge in [0.25, 0.3) is 5.91 Å². The molecular formula is C40H51N5O3S. The molecular weight excluding hydrogens is 631 g/mol. The van der Waals surface area contributed by atoms with Crippen LogP contribution in [0.4, 0.5) is 0 Å². The molecule has 1 aliphatic rings. The fourth-order valence-corrected chi connectivity index (χ4v) is 6.94. The van der Waals surface area contributed by atoms with Gasteiger partial charge >= 0.3 is 0 Å². The average molecular weight is 682 g/mol. The minimum absolute atomic E-state index is 0.0481. The normalized spacial score (nSPS) is 13.9. The average Bonchev–Trinajstić information content (AvgIpc) is 3.60. The van der Waals surface area contributed by atoms with Gasteiger partial charge in [0, 0.05) is 47.9 Å². The van der Waals surface area contributed by atoms with Crippen molar-refractivity contribution in [1.29, 1.82) is 0 Å². The van der Waals surface area contributed by atoms with Crippen LogP contribution in [0.3, 0.4) is 0 Å². The number of aromatic nitrogens is 2. The second-order valence-electron chi connectivity index (χ2n) is 14.1. The molecule has 0 bridgehead atoms. The van der Waals surface area contributed by atoms with Gasteiger partial charge in [-0.2, -0.15) is 0 Å². The monoisotopic (exact) mass is 681 g/mol. The van der Waals surface area contributed by atoms with Crippen LogP contribution >= 0.6 is 11.3 Å². The summed E-state index contributed by atoms with van der Waals surface area (Å²) in [6, 6.07) is 19.2. The van der Waals surface area contributed by atoms with Gasteiger partial charge in [-0.25, -0.2) is 9.97 Å². The van der Waals surface area contributed by atoms with E-state index in [4.69, 9.17) is 10.5 Å². The first-order valence-corrected chi connectivity index (χ1v) is 18.5. The van der Waals surface area contributed by atoms with Gasteiger partial charge in [-0.15, -0.1) is 11.3 Å². The van der Waals surface area contributed by atoms with E-state index in [-0.39, 0.29) is 17.2 Å². The van der Waals surface area contributed by atoms with Crippen LogP contribution in [0.25, 0.3) is 22.5 Å². The predicted molar refractivity (Wildman–Crippen MR) is 199 cm³/mol. The van der Waals surface area contributed by atoms with Crippen molar-refractivity contribution < 1.29 is 14.3 Å². The summed E-state index contributed by atoms with van der Waals surface area (Å²) < 4.78 is 5.91. The van der Waals surface area contributed by atoms with Crippen LogP contribution in [-0.2, 0) is 16.6 Å². The van der Waals surface area contributed by atoms with Crippen molar-refractivity contribution in [3.05, 3.63) is 88.4 Å². The van der Waals surface area contributed by atoms with Crippen molar-refractivity contribution in [1.82, 2.24) is 20.2 Å². The number of likely N-dealkylation sites (tertiary alicyclic amines) is 1. The maximum Gasteiger partial charge on any atom is 0.262 e. The van der Waals surface area contributed by atoms with E-state index in [1.807, 2.05) is 78.0 Å². The Morgan fingerprint density at radius 1 is 0.918 bits per heavy atom. The second-order valence-corrected chi connectivity index (χ2v) is 15.2. The quantitative estimate of drug-likeness (QED) is 0.118. The van der Waals surface area contributed by atoms with Gasteiger partial charge in [0.2, 0.25) is 5.91 Å². The fourth-order valence-electron chi connectivity index (χ4n) is 5.97. The minimum atomic E-state index is -0.671. The summed E-state index contributed by atoms with van der Waals surface area (Å²) in [5.74, 6) is 1.65. The highest BCUT2D eigenvalue weighted by Crippen LogP contribution is 2.30. The van der Waals surface area contributed by atoms with Crippen molar-refractivity contribution in [2.75, 3.05) is 26.2 Å². The van der Waals surface area contributed by atoms with Crippen molar-refractivity contribution in [3.8, 4) is 28.3 Å². The Labute approximate surface area is 295 Å². The number of benzene rings is 2. The number of hydrogen-bond donors (Lipinski definition) is 2. The number of amides is 2. The molecule has 2 aromatic carbocycles. The number of carbonyl (C=O) groups is 2. The Bertz CT molecular complexity index is 1640. The maximum atomic E-state index is 13.6. The maximum absolute atomic E-state index is 13.6. The van der Waals surface area contributed by atoms with Gasteiger partial charge in [-0.05, 0) is 66.1 Å². The Hall–Kier alpha value is -4.08. The number of nitrogens with one attached hydrogen (secondary N) is 1. The lowest BCUT2D eigenvalue weighted by atomic mass is 9.94. The van der Waals surface area contributed by atoms with Gasteiger partial charge in [0.1, 0.15) is 11.8 Å². The molecule has 9 heteroatoms. The molecule has 1 fully saturated rings. The van der Waals surface area contributed by atoms with Gasteiger partial charge in [-0.3, -0.25) is 9.59 Å². The summed E-state index contributed by atoms with van der Waals surface area (Å²) >= 11 is 1.48. The zero-order valence-electron chi connectivity index (χ0n) is 29.4. The molecule has 49 heavy (non-hydrogen) atoms. The van der Waals surface area contributed by atoms with E-state index in [1.165, 1.54) is 37.0 Å². The van der Waals surface area contributed by atoms with Gasteiger partial charge in [0.15, 0.2) is 5.82 Å². The lowest BCUT2D eigenvalue weighted by Crippen LogP contribution is -2.57. The second kappa shape index (κ2) is 17.0. The van der Waals surface area contributed by atoms with Gasteiger partial charge < -0.3 is 20.7 Å². The molecule has 0 unspecified atom stereocenters. The van der Waals surface area contributed by atoms with Crippen LogP contribution in [0.5, 0.6) is 5.75 Å². The summed E-state index contributed by atoms with van der Waals surface area (Å²) in [6.07, 6.45) is 11.1. The third-order valence-electron chi connectivity index (χ3n) is 9.02. The van der Waals surface area contributed by atoms with Crippen LogP contribution in [0.2, 0.25) is 0 Å². The highest BCUT2D eigenvalue weighted by Gasteiger charge is 2.35. The van der Waals surface area contributed by atoms with E-state index in [1.54, 1.807) is 0 Å². The number of ether oxygens (including phenoxy) is 1. The van der Waals surface area contributed by atoms with E-state index in [2.05, 4.69) is 43.0 Å². The topological polar surface area (TPSA) is 110 Å². The number of thiophene rings is 1. The zero-order chi connectivity index (χ0) is 34.8. The molecule has 0 aliphatic carbocycles. The molecule has 5 rings (SSSR count). The van der Waals surface area contributed by atoms with Crippen LogP contribution < -0.4 is 15.8 Å². The molecule has 0 saturated carbocycles. The van der Waals surface area contributed by atoms with E-state index in [0.29, 0.717) is 42.7 Å². The van der Waals surface area contributed by atoms with Crippen LogP contribution in [0, 0.1) is 5.92 Å². The van der Waals surface area contributed by atoms with Gasteiger partial charge in [-0.1, -0.05) is 89.8 Å². The van der Waals surface area contributed by atoms with E-state index >= 15 is 0 Å². The molecule has 0 spiro atoms. The molecule has 1 saturated heterocycles. The number of nitrogens with zero attached hydrogens (tertiary/aromatic N) is 3. The summed E-state index contributed by atoms with van der Waals surface area (Å²) in [5.41, 5.74) is 9.48. The number of unbranched alkanes of at least 4 members (excludes halogenated alkanes) is 4. The minimum Gasteiger partial charge on any atom is -0.494 e. The Morgan fingerprint density at radius 2 is 1.59 bits per heavy atom. The van der Waals surface area contributed by atoms with Crippen molar-refractivity contribution in [2.45, 2.75) is 84.1 Å². The largest absolute Gasteiger partial charge is 0.494 e. The first-order valence-electron chi connectivity index (χ1n) is 17.7. The molecule has 1 aliphatic heterocycles. The first-order chi connectivity index (χ1) is 23.6. The lowest BCUT2D eigenvalue weighted by molar-refractivity contribution is -0.139. The molecule has 4 aromatic rings. The molecule has 8 nitrogen and oxygen atoms in total. The molecule has 3 N–H and O–H groups in total. The zero-order valence-corrected chi connectivity index (χ0v) is 30.2. The first kappa shape index (κ1) is 36.2. The summed E-state index contributed by atoms with van der Waals surface area (Å²) in [6.45, 7) is 11.3. The van der Waals surface area contributed by atoms with E-state index in [9.17, 15) is 9.59 Å². The molecule has 3 heterocycles. The standard InChI is InChI=1S/C40H51N5O3S/c1-5-6-7-8-9-22-48-33-16-14-30(15-17-33)32-24-42-37(43-25-32)31-12-10-28(11-13-31)23-34(39(47)45-26-29(27-45)20-21-41)44-38(46)35-18-19-36(49-35)40(2,3)4/h10-19,24-25,29,34H,5-9,20-23,26-27,41H2,1-4H3,(H,44,46)/t34-/m0/s1. The Morgan fingerprint density at radius 3 is 2.22 bits per heavy atom. The summed E-state index contributed by atoms with van der Waals surface area (Å²) in [4.78, 5) is 39.8. The van der Waals surface area contributed by atoms with Crippen LogP contribution in [0.15, 0.2) is 73.1 Å². The summed E-state index contributed by atoms with van der Waals surface area (Å²) in [7, 11) is 0. The molecule has 0 radical (unpaired) electrons. The number of nitrogens with two attached hydrogens (primary N) is 1. The number of rotatable bonds is 16. The SMILES string of the molecule is CCCCCCCOc1ccc(-c2cnc(-c3ccc(C[C@H](NC(=O)c4ccc(C(C)(C)C)s4)C(=O)N4CC(CCN)C4)cc3)nc2)cc1. The fraction of sp³-hybridized carbons (Fsp3) is 0.450. The Balaban J connectivity index is 1.21. The molecule has 1 atom stereocenters. The third kappa shape index (κ3) is 9.98. The summed E-state index contributed by atoms with van der Waals surface area (Å²) in [5, 5.41) is 3.06. The highest BCUT2D eigenvalue weighted by molar-refractivity contribution is 7.14. The number of carbonyl (C=O) groups excluding carboxylic acids is 2. The molecule has 260 valence electrons. The smallest absolute Gasteiger partial charge is 0.262 e. The molecule has 2 amide bonds. The van der Waals surface area contributed by atoms with E-state index < -0.39 is 6.04 Å². The highest BCUT2D eigenvalue weighted by atomic mass is 32.1. The lowest BCUT2D eigenvalue weighted by Gasteiger charge is -2.41. The van der Waals surface area contributed by atoms with Crippen LogP contribution in [0.1, 0.15) is 86.3 Å². The molecule has 2 aromatic heterocycles. The van der Waals surface area contributed by atoms with Crippen molar-refractivity contribution in [2.24, 2.45) is 11.7 Å². The van der Waals surface area contributed by atoms with Gasteiger partial charge in [0.05, 0.1) is 11.5 Å². The van der Waals surface area contributed by atoms with E-state index in [0.717, 1.165) is 52.3 Å². The third-order valence-corrected chi connectivity index (χ3v) is 10.5. The number of hydrogen-bond acceptors (Lipinski definition) is 7.